The average molecular weight is 266 g/mol. The number of hydrogen-bond acceptors (Lipinski definition) is 2. The van der Waals surface area contributed by atoms with Crippen molar-refractivity contribution in [2.45, 2.75) is 11.4 Å². The molecule has 0 saturated heterocycles. The van der Waals surface area contributed by atoms with Crippen LogP contribution in [0.15, 0.2) is 24.5 Å². The molecule has 0 spiro atoms. The van der Waals surface area contributed by atoms with Crippen molar-refractivity contribution < 1.29 is 27.7 Å². The zero-order chi connectivity index (χ0) is 12.3. The average Bonchev–Trinajstić information content (AvgIpc) is 2.12. The predicted octanol–water partition coefficient (Wildman–Crippen LogP) is -0.221. The third-order valence-corrected chi connectivity index (χ3v) is 4.95. The van der Waals surface area contributed by atoms with Crippen LogP contribution >= 0.6 is 7.60 Å². The minimum atomic E-state index is -4.57. The predicted molar refractivity (Wildman–Crippen MR) is 57.9 cm³/mol. The van der Waals surface area contributed by atoms with Crippen LogP contribution in [0.1, 0.15) is 5.56 Å². The van der Waals surface area contributed by atoms with Crippen molar-refractivity contribution in [2.24, 2.45) is 7.05 Å². The second-order valence-electron chi connectivity index (χ2n) is 3.40. The fraction of sp³-hybridized carbons (Fsp3) is 0.375. The van der Waals surface area contributed by atoms with Crippen LogP contribution in [0.3, 0.4) is 0 Å². The lowest BCUT2D eigenvalue weighted by atomic mass is 10.2. The topological polar surface area (TPSA) is 98.7 Å². The molecule has 90 valence electrons. The van der Waals surface area contributed by atoms with Gasteiger partial charge in [0.1, 0.15) is 7.05 Å². The fourth-order valence-corrected chi connectivity index (χ4v) is 3.00. The molecule has 6 nitrogen and oxygen atoms in total. The van der Waals surface area contributed by atoms with Crippen LogP contribution < -0.4 is 4.57 Å². The summed E-state index contributed by atoms with van der Waals surface area (Å²) < 4.78 is 32.4. The molecule has 2 unspecified atom stereocenters. The summed E-state index contributed by atoms with van der Waals surface area (Å²) in [6.45, 7) is 0. The highest BCUT2D eigenvalue weighted by Crippen LogP contribution is 2.44. The molecule has 0 aromatic carbocycles. The van der Waals surface area contributed by atoms with E-state index in [0.29, 0.717) is 5.56 Å². The van der Waals surface area contributed by atoms with Crippen molar-refractivity contribution in [3.8, 4) is 0 Å². The molecule has 0 saturated carbocycles. The molecule has 1 aromatic heterocycles. The van der Waals surface area contributed by atoms with Gasteiger partial charge < -0.3 is 14.3 Å². The van der Waals surface area contributed by atoms with E-state index in [1.165, 1.54) is 0 Å². The Hall–Kier alpha value is -0.590. The third-order valence-electron chi connectivity index (χ3n) is 2.02. The molecule has 1 rings (SSSR count). The lowest BCUT2D eigenvalue weighted by Gasteiger charge is -2.13. The van der Waals surface area contributed by atoms with Gasteiger partial charge in [0.25, 0.3) is 0 Å². The number of hydrogen-bond donors (Lipinski definition) is 3. The number of rotatable bonds is 4. The van der Waals surface area contributed by atoms with Crippen LogP contribution in [-0.4, -0.2) is 23.5 Å². The van der Waals surface area contributed by atoms with Crippen LogP contribution in [0.2, 0.25) is 0 Å². The first-order valence-electron chi connectivity index (χ1n) is 4.40. The second-order valence-corrected chi connectivity index (χ2v) is 6.67. The number of aryl methyl sites for hydroxylation is 1. The van der Waals surface area contributed by atoms with Gasteiger partial charge >= 0.3 is 7.60 Å². The number of nitrogens with zero attached hydrogens (tertiary/aromatic N) is 1. The molecule has 1 heterocycles. The Bertz CT molecular complexity index is 446. The van der Waals surface area contributed by atoms with E-state index in [0.717, 1.165) is 0 Å². The summed E-state index contributed by atoms with van der Waals surface area (Å²) in [6.07, 6.45) is 3.27. The smallest absolute Gasteiger partial charge is 0.324 e. The summed E-state index contributed by atoms with van der Waals surface area (Å²) in [5, 5.41) is 0. The molecule has 0 aliphatic rings. The zero-order valence-corrected chi connectivity index (χ0v) is 10.3. The van der Waals surface area contributed by atoms with E-state index in [9.17, 15) is 8.77 Å². The Morgan fingerprint density at radius 2 is 2.19 bits per heavy atom. The SMILES string of the molecule is C[n+]1cccc(CC(S(=O)O)P(=O)(O)O)c1. The van der Waals surface area contributed by atoms with Gasteiger partial charge in [0.15, 0.2) is 28.5 Å². The number of pyridine rings is 1. The van der Waals surface area contributed by atoms with Gasteiger partial charge in [-0.1, -0.05) is 0 Å². The zero-order valence-electron chi connectivity index (χ0n) is 8.55. The largest absolute Gasteiger partial charge is 0.343 e. The Morgan fingerprint density at radius 1 is 1.56 bits per heavy atom. The number of aromatic nitrogens is 1. The fourth-order valence-electron chi connectivity index (χ4n) is 1.28. The Kier molecular flexibility index (Phi) is 4.35. The van der Waals surface area contributed by atoms with Gasteiger partial charge in [-0.3, -0.25) is 4.57 Å². The molecular weight excluding hydrogens is 253 g/mol. The molecule has 2 atom stereocenters. The van der Waals surface area contributed by atoms with Crippen molar-refractivity contribution in [2.75, 3.05) is 0 Å². The first kappa shape index (κ1) is 13.5. The lowest BCUT2D eigenvalue weighted by Crippen LogP contribution is -2.28. The molecule has 0 amide bonds. The standard InChI is InChI=1S/C8H12NO5PS/c1-9-4-2-3-7(6-9)5-8(16(13)14)15(10,11)12/h2-4,6,8H,5H2,1H3,(H2-,10,11,12,13,14)/p+1. The minimum Gasteiger partial charge on any atom is -0.324 e. The van der Waals surface area contributed by atoms with Crippen molar-refractivity contribution in [1.82, 2.24) is 0 Å². The van der Waals surface area contributed by atoms with E-state index in [4.69, 9.17) is 14.3 Å². The first-order chi connectivity index (χ1) is 7.30. The van der Waals surface area contributed by atoms with E-state index >= 15 is 0 Å². The molecule has 0 fully saturated rings. The Morgan fingerprint density at radius 3 is 2.62 bits per heavy atom. The highest BCUT2D eigenvalue weighted by molar-refractivity contribution is 7.88. The maximum Gasteiger partial charge on any atom is 0.343 e. The van der Waals surface area contributed by atoms with E-state index in [1.807, 2.05) is 0 Å². The minimum absolute atomic E-state index is 0.137. The molecule has 0 radical (unpaired) electrons. The molecule has 0 aliphatic carbocycles. The molecule has 1 aromatic rings. The third kappa shape index (κ3) is 3.77. The molecule has 0 aliphatic heterocycles. The first-order valence-corrected chi connectivity index (χ1v) is 7.25. The Balaban J connectivity index is 2.93. The lowest BCUT2D eigenvalue weighted by molar-refractivity contribution is -0.671. The Labute approximate surface area is 95.4 Å². The van der Waals surface area contributed by atoms with Gasteiger partial charge in [0.2, 0.25) is 0 Å². The van der Waals surface area contributed by atoms with Gasteiger partial charge in [-0.05, 0) is 6.07 Å². The van der Waals surface area contributed by atoms with Gasteiger partial charge in [-0.15, -0.1) is 0 Å². The monoisotopic (exact) mass is 266 g/mol. The molecule has 8 heteroatoms. The summed E-state index contributed by atoms with van der Waals surface area (Å²) in [7, 11) is -2.82. The van der Waals surface area contributed by atoms with Crippen molar-refractivity contribution in [1.29, 1.82) is 0 Å². The quantitative estimate of drug-likeness (QED) is 0.397. The summed E-state index contributed by atoms with van der Waals surface area (Å²) in [6, 6.07) is 3.35. The summed E-state index contributed by atoms with van der Waals surface area (Å²) >= 11 is -2.55. The van der Waals surface area contributed by atoms with Gasteiger partial charge in [0.05, 0.1) is 0 Å². The van der Waals surface area contributed by atoms with E-state index < -0.39 is 23.7 Å². The molecule has 3 N–H and O–H groups in total. The highest BCUT2D eigenvalue weighted by Gasteiger charge is 2.34. The summed E-state index contributed by atoms with van der Waals surface area (Å²) in [4.78, 5) is 16.3. The van der Waals surface area contributed by atoms with Crippen molar-refractivity contribution >= 4 is 18.7 Å². The van der Waals surface area contributed by atoms with E-state index in [-0.39, 0.29) is 6.42 Å². The van der Waals surface area contributed by atoms with Crippen LogP contribution in [0.25, 0.3) is 0 Å². The maximum atomic E-state index is 11.0. The van der Waals surface area contributed by atoms with Crippen molar-refractivity contribution in [3.63, 3.8) is 0 Å². The summed E-state index contributed by atoms with van der Waals surface area (Å²) in [5.41, 5.74) is 0.598. The van der Waals surface area contributed by atoms with Crippen LogP contribution in [0.4, 0.5) is 0 Å². The highest BCUT2D eigenvalue weighted by atomic mass is 32.2. The second kappa shape index (κ2) is 5.16. The van der Waals surface area contributed by atoms with Gasteiger partial charge in [-0.2, -0.15) is 0 Å². The molecule has 16 heavy (non-hydrogen) atoms. The van der Waals surface area contributed by atoms with Crippen LogP contribution in [0.5, 0.6) is 0 Å². The molecule has 0 bridgehead atoms. The van der Waals surface area contributed by atoms with Gasteiger partial charge in [0, 0.05) is 18.1 Å². The molecular formula is C8H13NO5PS+. The van der Waals surface area contributed by atoms with E-state index in [2.05, 4.69) is 0 Å². The summed E-state index contributed by atoms with van der Waals surface area (Å²) in [5.74, 6) is 0. The maximum absolute atomic E-state index is 11.0. The van der Waals surface area contributed by atoms with Crippen LogP contribution in [0, 0.1) is 0 Å². The van der Waals surface area contributed by atoms with Gasteiger partial charge in [-0.25, -0.2) is 8.78 Å². The van der Waals surface area contributed by atoms with Crippen LogP contribution in [-0.2, 0) is 29.1 Å². The van der Waals surface area contributed by atoms with Crippen molar-refractivity contribution in [3.05, 3.63) is 30.1 Å². The van der Waals surface area contributed by atoms with E-state index in [1.54, 1.807) is 36.1 Å². The normalized spacial score (nSPS) is 15.8.